The Morgan fingerprint density at radius 2 is 1.08 bits per heavy atom. The van der Waals surface area contributed by atoms with Crippen molar-refractivity contribution in [2.24, 2.45) is 0 Å². The van der Waals surface area contributed by atoms with Gasteiger partial charge in [0.15, 0.2) is 0 Å². The second kappa shape index (κ2) is 7.68. The van der Waals surface area contributed by atoms with Crippen LogP contribution in [0.2, 0.25) is 0 Å². The Balaban J connectivity index is 0.00000100. The summed E-state index contributed by atoms with van der Waals surface area (Å²) in [4.78, 5) is 21.7. The maximum Gasteiger partial charge on any atom is 0.272 e. The Labute approximate surface area is 140 Å². The number of hydrogen-bond acceptors (Lipinski definition) is 4. The minimum Gasteiger partial charge on any atom is -0.258 e. The van der Waals surface area contributed by atoms with Crippen molar-refractivity contribution in [1.29, 1.82) is 0 Å². The standard InChI is InChI=1S/C16H14N2O4.C2H6/c19-17(20)15-9-11-1-2-12-4-6-14(16(10-12)18(21)22)8-7-13(15)5-3-11;1-2/h3-6,9-10H,1-2,7-8H2;1-2H3. The highest BCUT2D eigenvalue weighted by molar-refractivity contribution is 5.48. The third-order valence-electron chi connectivity index (χ3n) is 4.06. The number of benzene rings is 2. The van der Waals surface area contributed by atoms with Gasteiger partial charge in [-0.05, 0) is 36.8 Å². The van der Waals surface area contributed by atoms with Gasteiger partial charge in [-0.1, -0.05) is 38.1 Å². The van der Waals surface area contributed by atoms with E-state index in [2.05, 4.69) is 0 Å². The molecule has 0 spiro atoms. The Kier molecular flexibility index (Phi) is 5.63. The highest BCUT2D eigenvalue weighted by atomic mass is 16.6. The van der Waals surface area contributed by atoms with E-state index in [0.29, 0.717) is 36.8 Å². The molecular formula is C18H20N2O4. The average molecular weight is 328 g/mol. The van der Waals surface area contributed by atoms with Gasteiger partial charge in [0.25, 0.3) is 11.4 Å². The molecule has 0 atom stereocenters. The molecule has 2 aromatic rings. The second-order valence-electron chi connectivity index (χ2n) is 5.44. The molecule has 0 heterocycles. The predicted molar refractivity (Wildman–Crippen MR) is 92.4 cm³/mol. The molecule has 0 unspecified atom stereocenters. The molecule has 0 saturated carbocycles. The summed E-state index contributed by atoms with van der Waals surface area (Å²) in [5.74, 6) is 0. The molecule has 0 amide bonds. The van der Waals surface area contributed by atoms with E-state index in [1.54, 1.807) is 24.3 Å². The van der Waals surface area contributed by atoms with E-state index in [4.69, 9.17) is 0 Å². The van der Waals surface area contributed by atoms with E-state index in [9.17, 15) is 20.2 Å². The topological polar surface area (TPSA) is 86.3 Å². The van der Waals surface area contributed by atoms with E-state index in [-0.39, 0.29) is 21.2 Å². The smallest absolute Gasteiger partial charge is 0.258 e. The van der Waals surface area contributed by atoms with Crippen molar-refractivity contribution in [2.75, 3.05) is 0 Å². The third-order valence-corrected chi connectivity index (χ3v) is 4.06. The highest BCUT2D eigenvalue weighted by Gasteiger charge is 2.19. The van der Waals surface area contributed by atoms with Gasteiger partial charge in [-0.15, -0.1) is 0 Å². The molecule has 2 aromatic carbocycles. The first-order chi connectivity index (χ1) is 11.5. The first-order valence-corrected chi connectivity index (χ1v) is 8.07. The van der Waals surface area contributed by atoms with Crippen molar-refractivity contribution < 1.29 is 9.85 Å². The van der Waals surface area contributed by atoms with Crippen molar-refractivity contribution >= 4 is 11.4 Å². The molecule has 6 heteroatoms. The van der Waals surface area contributed by atoms with E-state index >= 15 is 0 Å². The van der Waals surface area contributed by atoms with Gasteiger partial charge < -0.3 is 0 Å². The Bertz CT molecular complexity index is 706. The van der Waals surface area contributed by atoms with Crippen LogP contribution in [0.3, 0.4) is 0 Å². The summed E-state index contributed by atoms with van der Waals surface area (Å²) < 4.78 is 0. The monoisotopic (exact) mass is 328 g/mol. The molecule has 6 nitrogen and oxygen atoms in total. The van der Waals surface area contributed by atoms with Crippen LogP contribution in [-0.4, -0.2) is 9.85 Å². The van der Waals surface area contributed by atoms with Crippen molar-refractivity contribution in [3.63, 3.8) is 0 Å². The van der Waals surface area contributed by atoms with Gasteiger partial charge in [-0.2, -0.15) is 0 Å². The van der Waals surface area contributed by atoms with Crippen LogP contribution in [0.1, 0.15) is 36.1 Å². The van der Waals surface area contributed by atoms with Crippen LogP contribution >= 0.6 is 0 Å². The number of nitro benzene ring substituents is 2. The lowest BCUT2D eigenvalue weighted by Gasteiger charge is -2.10. The van der Waals surface area contributed by atoms with Crippen molar-refractivity contribution in [3.8, 4) is 0 Å². The first-order valence-electron chi connectivity index (χ1n) is 8.07. The normalized spacial score (nSPS) is 12.6. The maximum atomic E-state index is 11.2. The fourth-order valence-electron chi connectivity index (χ4n) is 2.85. The largest absolute Gasteiger partial charge is 0.272 e. The van der Waals surface area contributed by atoms with Crippen LogP contribution in [0.15, 0.2) is 36.4 Å². The number of rotatable bonds is 2. The molecule has 0 radical (unpaired) electrons. The van der Waals surface area contributed by atoms with Crippen molar-refractivity contribution in [3.05, 3.63) is 78.9 Å². The van der Waals surface area contributed by atoms with E-state index in [0.717, 1.165) is 11.1 Å². The van der Waals surface area contributed by atoms with Gasteiger partial charge in [-0.3, -0.25) is 20.2 Å². The molecule has 0 N–H and O–H groups in total. The summed E-state index contributed by atoms with van der Waals surface area (Å²) in [7, 11) is 0. The molecule has 6 rings (SSSR count). The summed E-state index contributed by atoms with van der Waals surface area (Å²) in [6.45, 7) is 4.00. The summed E-state index contributed by atoms with van der Waals surface area (Å²) in [5, 5.41) is 22.4. The van der Waals surface area contributed by atoms with Crippen LogP contribution in [0.5, 0.6) is 0 Å². The van der Waals surface area contributed by atoms with Crippen molar-refractivity contribution in [2.45, 2.75) is 39.5 Å². The molecule has 4 aliphatic carbocycles. The van der Waals surface area contributed by atoms with Gasteiger partial charge in [0.05, 0.1) is 9.85 Å². The molecular weight excluding hydrogens is 308 g/mol. The zero-order valence-electron chi connectivity index (χ0n) is 13.8. The van der Waals surface area contributed by atoms with Gasteiger partial charge in [0, 0.05) is 23.3 Å². The average Bonchev–Trinajstić information content (AvgIpc) is 2.58. The van der Waals surface area contributed by atoms with Crippen LogP contribution < -0.4 is 0 Å². The number of hydrogen-bond donors (Lipinski definition) is 0. The van der Waals surface area contributed by atoms with Crippen LogP contribution in [0, 0.1) is 20.2 Å². The van der Waals surface area contributed by atoms with Crippen LogP contribution in [0.4, 0.5) is 11.4 Å². The zero-order chi connectivity index (χ0) is 17.7. The maximum absolute atomic E-state index is 11.2. The number of nitro groups is 2. The Morgan fingerprint density at radius 3 is 1.42 bits per heavy atom. The van der Waals surface area contributed by atoms with E-state index < -0.39 is 0 Å². The number of nitrogens with zero attached hydrogens (tertiary/aromatic N) is 2. The Hall–Kier alpha value is -2.76. The molecule has 0 aliphatic heterocycles. The predicted octanol–water partition coefficient (Wildman–Crippen LogP) is 4.41. The van der Waals surface area contributed by atoms with Crippen molar-refractivity contribution in [1.82, 2.24) is 0 Å². The molecule has 24 heavy (non-hydrogen) atoms. The van der Waals surface area contributed by atoms with Gasteiger partial charge in [0.1, 0.15) is 0 Å². The van der Waals surface area contributed by atoms with Gasteiger partial charge in [-0.25, -0.2) is 0 Å². The van der Waals surface area contributed by atoms with Gasteiger partial charge >= 0.3 is 0 Å². The lowest BCUT2D eigenvalue weighted by molar-refractivity contribution is -0.386. The van der Waals surface area contributed by atoms with Gasteiger partial charge in [0.2, 0.25) is 0 Å². The zero-order valence-corrected chi connectivity index (χ0v) is 13.8. The minimum absolute atomic E-state index is 0.107. The third kappa shape index (κ3) is 3.76. The summed E-state index contributed by atoms with van der Waals surface area (Å²) >= 11 is 0. The summed E-state index contributed by atoms with van der Waals surface area (Å²) in [5.41, 5.74) is 3.20. The quantitative estimate of drug-likeness (QED) is 0.603. The lowest BCUT2D eigenvalue weighted by Crippen LogP contribution is -2.04. The number of aryl methyl sites for hydroxylation is 4. The first kappa shape index (κ1) is 17.6. The second-order valence-corrected chi connectivity index (χ2v) is 5.44. The Morgan fingerprint density at radius 1 is 0.708 bits per heavy atom. The van der Waals surface area contributed by atoms with Crippen LogP contribution in [-0.2, 0) is 25.7 Å². The minimum atomic E-state index is -0.374. The molecule has 4 aliphatic rings. The fraction of sp³-hybridized carbons (Fsp3) is 0.333. The SMILES string of the molecule is CC.O=[N+]([O-])c1cc2ccc1CCc1ccc(cc1[N+](=O)[O-])CC2. The molecule has 0 fully saturated rings. The van der Waals surface area contributed by atoms with Crippen LogP contribution in [0.25, 0.3) is 0 Å². The van der Waals surface area contributed by atoms with E-state index in [1.807, 2.05) is 26.0 Å². The highest BCUT2D eigenvalue weighted by Crippen LogP contribution is 2.28. The molecule has 126 valence electrons. The van der Waals surface area contributed by atoms with E-state index in [1.165, 1.54) is 0 Å². The molecule has 0 saturated heterocycles. The summed E-state index contributed by atoms with van der Waals surface area (Å²) in [6, 6.07) is 10.6. The molecule has 4 bridgehead atoms. The molecule has 0 aromatic heterocycles. The lowest BCUT2D eigenvalue weighted by atomic mass is 9.94. The summed E-state index contributed by atoms with van der Waals surface area (Å²) in [6.07, 6.45) is 2.07. The fourth-order valence-corrected chi connectivity index (χ4v) is 2.85.